The number of unbranched alkanes of at least 4 members (excludes halogenated alkanes) is 1. The Hall–Kier alpha value is -1.51. The number of nitrogens with one attached hydrogen (secondary N) is 2. The molecule has 21 heavy (non-hydrogen) atoms. The summed E-state index contributed by atoms with van der Waals surface area (Å²) in [6.45, 7) is 9.17. The quantitative estimate of drug-likeness (QED) is 0.722. The summed E-state index contributed by atoms with van der Waals surface area (Å²) in [5.41, 5.74) is 2.36. The second-order valence-electron chi connectivity index (χ2n) is 6.14. The fourth-order valence-electron chi connectivity index (χ4n) is 2.10. The van der Waals surface area contributed by atoms with Crippen LogP contribution in [0.15, 0.2) is 24.3 Å². The standard InChI is InChI=1S/C18H30N2O/c1-5-6-7-16-8-10-17(11-9-16)20-15(4)18(21)19-13-12-14(2)3/h8-11,14-15,20H,5-7,12-13H2,1-4H3,(H,19,21). The van der Waals surface area contributed by atoms with E-state index >= 15 is 0 Å². The van der Waals surface area contributed by atoms with Gasteiger partial charge in [0.15, 0.2) is 0 Å². The third-order valence-electron chi connectivity index (χ3n) is 3.57. The average Bonchev–Trinajstić information content (AvgIpc) is 2.46. The fraction of sp³-hybridized carbons (Fsp3) is 0.611. The second kappa shape index (κ2) is 9.43. The Morgan fingerprint density at radius 3 is 2.38 bits per heavy atom. The maximum Gasteiger partial charge on any atom is 0.242 e. The van der Waals surface area contributed by atoms with Gasteiger partial charge in [0.05, 0.1) is 0 Å². The number of aryl methyl sites for hydroxylation is 1. The van der Waals surface area contributed by atoms with Crippen LogP contribution in [-0.2, 0) is 11.2 Å². The van der Waals surface area contributed by atoms with E-state index in [0.717, 1.165) is 25.1 Å². The second-order valence-corrected chi connectivity index (χ2v) is 6.14. The number of carbonyl (C=O) groups excluding carboxylic acids is 1. The minimum absolute atomic E-state index is 0.0608. The Kier molecular flexibility index (Phi) is 7.88. The molecule has 3 nitrogen and oxygen atoms in total. The molecule has 2 N–H and O–H groups in total. The maximum absolute atomic E-state index is 12.0. The number of carbonyl (C=O) groups is 1. The average molecular weight is 290 g/mol. The van der Waals surface area contributed by atoms with Crippen molar-refractivity contribution in [3.63, 3.8) is 0 Å². The van der Waals surface area contributed by atoms with Crippen LogP contribution in [0.25, 0.3) is 0 Å². The predicted molar refractivity (Wildman–Crippen MR) is 90.6 cm³/mol. The highest BCUT2D eigenvalue weighted by molar-refractivity contribution is 5.84. The molecule has 3 heteroatoms. The van der Waals surface area contributed by atoms with E-state index in [-0.39, 0.29) is 11.9 Å². The molecule has 0 aromatic heterocycles. The number of amides is 1. The van der Waals surface area contributed by atoms with E-state index in [0.29, 0.717) is 5.92 Å². The minimum atomic E-state index is -0.210. The lowest BCUT2D eigenvalue weighted by atomic mass is 10.1. The first-order chi connectivity index (χ1) is 10.0. The summed E-state index contributed by atoms with van der Waals surface area (Å²) in [4.78, 5) is 12.0. The van der Waals surface area contributed by atoms with Crippen molar-refractivity contribution in [2.75, 3.05) is 11.9 Å². The first-order valence-corrected chi connectivity index (χ1v) is 8.16. The van der Waals surface area contributed by atoms with Gasteiger partial charge in [-0.25, -0.2) is 0 Å². The highest BCUT2D eigenvalue weighted by atomic mass is 16.2. The van der Waals surface area contributed by atoms with Crippen LogP contribution < -0.4 is 10.6 Å². The number of hydrogen-bond acceptors (Lipinski definition) is 2. The molecule has 1 aromatic carbocycles. The SMILES string of the molecule is CCCCc1ccc(NC(C)C(=O)NCCC(C)C)cc1. The minimum Gasteiger partial charge on any atom is -0.374 e. The van der Waals surface area contributed by atoms with Crippen molar-refractivity contribution in [1.82, 2.24) is 5.32 Å². The molecule has 0 spiro atoms. The largest absolute Gasteiger partial charge is 0.374 e. The van der Waals surface area contributed by atoms with E-state index in [4.69, 9.17) is 0 Å². The molecule has 0 saturated carbocycles. The van der Waals surface area contributed by atoms with Crippen molar-refractivity contribution >= 4 is 11.6 Å². The molecule has 0 aliphatic heterocycles. The molecule has 1 amide bonds. The zero-order chi connectivity index (χ0) is 15.7. The molecular formula is C18H30N2O. The van der Waals surface area contributed by atoms with Gasteiger partial charge >= 0.3 is 0 Å². The number of rotatable bonds is 9. The highest BCUT2D eigenvalue weighted by Crippen LogP contribution is 2.12. The molecule has 0 bridgehead atoms. The molecule has 0 heterocycles. The summed E-state index contributed by atoms with van der Waals surface area (Å²) in [6.07, 6.45) is 4.58. The van der Waals surface area contributed by atoms with Crippen LogP contribution in [-0.4, -0.2) is 18.5 Å². The zero-order valence-corrected chi connectivity index (χ0v) is 13.9. The molecule has 0 fully saturated rings. The van der Waals surface area contributed by atoms with Crippen LogP contribution in [0, 0.1) is 5.92 Å². The van der Waals surface area contributed by atoms with E-state index in [2.05, 4.69) is 55.7 Å². The van der Waals surface area contributed by atoms with Crippen molar-refractivity contribution < 1.29 is 4.79 Å². The molecule has 0 radical (unpaired) electrons. The summed E-state index contributed by atoms with van der Waals surface area (Å²) in [6, 6.07) is 8.19. The van der Waals surface area contributed by atoms with Crippen LogP contribution in [0.2, 0.25) is 0 Å². The Balaban J connectivity index is 2.39. The first-order valence-electron chi connectivity index (χ1n) is 8.16. The third kappa shape index (κ3) is 7.16. The lowest BCUT2D eigenvalue weighted by Gasteiger charge is -2.16. The lowest BCUT2D eigenvalue weighted by Crippen LogP contribution is -2.38. The van der Waals surface area contributed by atoms with E-state index < -0.39 is 0 Å². The zero-order valence-electron chi connectivity index (χ0n) is 13.9. The van der Waals surface area contributed by atoms with Gasteiger partial charge in [-0.1, -0.05) is 39.3 Å². The van der Waals surface area contributed by atoms with Gasteiger partial charge in [0, 0.05) is 12.2 Å². The van der Waals surface area contributed by atoms with E-state index in [9.17, 15) is 4.79 Å². The summed E-state index contributed by atoms with van der Waals surface area (Å²) in [7, 11) is 0. The first kappa shape index (κ1) is 17.5. The fourth-order valence-corrected chi connectivity index (χ4v) is 2.10. The van der Waals surface area contributed by atoms with Crippen LogP contribution in [0.4, 0.5) is 5.69 Å². The van der Waals surface area contributed by atoms with Gasteiger partial charge in [0.1, 0.15) is 6.04 Å². The normalized spacial score (nSPS) is 12.2. The Labute approximate surface area is 129 Å². The highest BCUT2D eigenvalue weighted by Gasteiger charge is 2.11. The number of anilines is 1. The van der Waals surface area contributed by atoms with E-state index in [1.807, 2.05) is 6.92 Å². The van der Waals surface area contributed by atoms with E-state index in [1.54, 1.807) is 0 Å². The molecule has 0 saturated heterocycles. The number of hydrogen-bond donors (Lipinski definition) is 2. The van der Waals surface area contributed by atoms with E-state index in [1.165, 1.54) is 18.4 Å². The smallest absolute Gasteiger partial charge is 0.242 e. The van der Waals surface area contributed by atoms with Crippen molar-refractivity contribution in [3.8, 4) is 0 Å². The summed E-state index contributed by atoms with van der Waals surface area (Å²) in [5, 5.41) is 6.22. The summed E-state index contributed by atoms with van der Waals surface area (Å²) < 4.78 is 0. The van der Waals surface area contributed by atoms with Gasteiger partial charge in [-0.2, -0.15) is 0 Å². The van der Waals surface area contributed by atoms with Gasteiger partial charge in [0.25, 0.3) is 0 Å². The van der Waals surface area contributed by atoms with Gasteiger partial charge < -0.3 is 10.6 Å². The van der Waals surface area contributed by atoms with Crippen molar-refractivity contribution in [2.24, 2.45) is 5.92 Å². The Bertz CT molecular complexity index is 412. The Morgan fingerprint density at radius 1 is 1.14 bits per heavy atom. The topological polar surface area (TPSA) is 41.1 Å². The van der Waals surface area contributed by atoms with Crippen LogP contribution in [0.3, 0.4) is 0 Å². The van der Waals surface area contributed by atoms with Gasteiger partial charge in [-0.15, -0.1) is 0 Å². The van der Waals surface area contributed by atoms with Gasteiger partial charge in [-0.3, -0.25) is 4.79 Å². The molecule has 1 rings (SSSR count). The molecule has 1 aromatic rings. The molecule has 118 valence electrons. The molecular weight excluding hydrogens is 260 g/mol. The van der Waals surface area contributed by atoms with Crippen LogP contribution >= 0.6 is 0 Å². The molecule has 1 atom stereocenters. The summed E-state index contributed by atoms with van der Waals surface area (Å²) in [5.74, 6) is 0.676. The third-order valence-corrected chi connectivity index (χ3v) is 3.57. The Morgan fingerprint density at radius 2 is 1.81 bits per heavy atom. The molecule has 0 aliphatic carbocycles. The molecule has 0 aliphatic rings. The summed E-state index contributed by atoms with van der Waals surface area (Å²) >= 11 is 0. The van der Waals surface area contributed by atoms with Crippen LogP contribution in [0.5, 0.6) is 0 Å². The molecule has 1 unspecified atom stereocenters. The van der Waals surface area contributed by atoms with Gasteiger partial charge in [0.2, 0.25) is 5.91 Å². The maximum atomic E-state index is 12.0. The van der Waals surface area contributed by atoms with Crippen molar-refractivity contribution in [2.45, 2.75) is 59.4 Å². The van der Waals surface area contributed by atoms with Gasteiger partial charge in [-0.05, 0) is 49.8 Å². The monoisotopic (exact) mass is 290 g/mol. The lowest BCUT2D eigenvalue weighted by molar-refractivity contribution is -0.121. The van der Waals surface area contributed by atoms with Crippen molar-refractivity contribution in [1.29, 1.82) is 0 Å². The van der Waals surface area contributed by atoms with Crippen molar-refractivity contribution in [3.05, 3.63) is 29.8 Å². The predicted octanol–water partition coefficient (Wildman–Crippen LogP) is 3.99. The number of benzene rings is 1. The van der Waals surface area contributed by atoms with Crippen LogP contribution in [0.1, 0.15) is 52.5 Å².